The van der Waals surface area contributed by atoms with Crippen molar-refractivity contribution in [3.05, 3.63) is 64.8 Å². The summed E-state index contributed by atoms with van der Waals surface area (Å²) in [5, 5.41) is 23.7. The fourth-order valence-corrected chi connectivity index (χ4v) is 4.97. The average Bonchev–Trinajstić information content (AvgIpc) is 3.34. The predicted octanol–water partition coefficient (Wildman–Crippen LogP) is 3.55. The number of aromatic nitrogens is 4. The molecular formula is C24H24ClFN6O2. The van der Waals surface area contributed by atoms with Gasteiger partial charge in [0.2, 0.25) is 0 Å². The SMILES string of the molecule is CC[C@@]1(O)C(CCc2cc(F)c3cc(Cl)c(N)nc3c2)=C[C@@H](n2ccc3c(N)ncnc32)[C@@H]1O. The standard InChI is InChI=1S/C24H24ClFN6O2/c1-2-24(34)13(4-3-12-7-17(26)15-10-16(25)22(28)31-18(15)8-12)9-19(20(24)33)32-6-5-14-21(27)29-11-30-23(14)32/h5-11,19-20,33-34H,2-4H2,1H3,(H2,28,31)(H2,27,29,30)/t19-,20+,24-/m1/s1. The highest BCUT2D eigenvalue weighted by molar-refractivity contribution is 6.33. The first-order chi connectivity index (χ1) is 16.2. The first-order valence-electron chi connectivity index (χ1n) is 11.0. The molecule has 8 nitrogen and oxygen atoms in total. The molecule has 5 rings (SSSR count). The van der Waals surface area contributed by atoms with Gasteiger partial charge in [-0.15, -0.1) is 0 Å². The Morgan fingerprint density at radius 3 is 2.71 bits per heavy atom. The van der Waals surface area contributed by atoms with Crippen LogP contribution in [0.3, 0.4) is 0 Å². The van der Waals surface area contributed by atoms with Crippen LogP contribution in [0.1, 0.15) is 31.4 Å². The lowest BCUT2D eigenvalue weighted by molar-refractivity contribution is -0.0542. The van der Waals surface area contributed by atoms with Crippen molar-refractivity contribution in [1.82, 2.24) is 19.5 Å². The van der Waals surface area contributed by atoms with Crippen LogP contribution in [0.4, 0.5) is 16.0 Å². The predicted molar refractivity (Wildman–Crippen MR) is 130 cm³/mol. The molecule has 34 heavy (non-hydrogen) atoms. The second-order valence-corrected chi connectivity index (χ2v) is 9.03. The molecule has 0 radical (unpaired) electrons. The van der Waals surface area contributed by atoms with Gasteiger partial charge < -0.3 is 26.2 Å². The Kier molecular flexibility index (Phi) is 5.43. The van der Waals surface area contributed by atoms with Crippen molar-refractivity contribution in [3.63, 3.8) is 0 Å². The lowest BCUT2D eigenvalue weighted by Crippen LogP contribution is -2.43. The number of nitrogens with two attached hydrogens (primary N) is 2. The van der Waals surface area contributed by atoms with Crippen molar-refractivity contribution in [3.8, 4) is 0 Å². The van der Waals surface area contributed by atoms with Gasteiger partial charge in [0.1, 0.15) is 41.1 Å². The largest absolute Gasteiger partial charge is 0.387 e. The number of fused-ring (bicyclic) bond motifs is 2. The van der Waals surface area contributed by atoms with Crippen LogP contribution in [0.25, 0.3) is 21.9 Å². The molecule has 0 amide bonds. The monoisotopic (exact) mass is 482 g/mol. The third-order valence-corrected chi connectivity index (χ3v) is 7.05. The summed E-state index contributed by atoms with van der Waals surface area (Å²) in [4.78, 5) is 12.5. The Bertz CT molecular complexity index is 1450. The molecule has 3 aromatic heterocycles. The molecular weight excluding hydrogens is 459 g/mol. The number of aliphatic hydroxyl groups excluding tert-OH is 1. The van der Waals surface area contributed by atoms with Crippen molar-refractivity contribution in [2.45, 2.75) is 43.9 Å². The highest BCUT2D eigenvalue weighted by atomic mass is 35.5. The molecule has 0 aliphatic heterocycles. The van der Waals surface area contributed by atoms with Gasteiger partial charge in [-0.05, 0) is 54.7 Å². The number of nitrogens with zero attached hydrogens (tertiary/aromatic N) is 4. The van der Waals surface area contributed by atoms with Crippen LogP contribution in [0, 0.1) is 5.82 Å². The lowest BCUT2D eigenvalue weighted by atomic mass is 9.86. The Morgan fingerprint density at radius 2 is 1.94 bits per heavy atom. The van der Waals surface area contributed by atoms with Gasteiger partial charge in [0.25, 0.3) is 0 Å². The van der Waals surface area contributed by atoms with Gasteiger partial charge in [-0.25, -0.2) is 19.3 Å². The second-order valence-electron chi connectivity index (χ2n) is 8.62. The van der Waals surface area contributed by atoms with Crippen molar-refractivity contribution in [2.24, 2.45) is 0 Å². The topological polar surface area (TPSA) is 136 Å². The van der Waals surface area contributed by atoms with E-state index >= 15 is 0 Å². The minimum atomic E-state index is -1.43. The van der Waals surface area contributed by atoms with E-state index < -0.39 is 23.6 Å². The maximum absolute atomic E-state index is 14.7. The molecule has 0 saturated heterocycles. The zero-order chi connectivity index (χ0) is 24.2. The third-order valence-electron chi connectivity index (χ3n) is 6.75. The number of benzene rings is 1. The molecule has 1 aliphatic rings. The molecule has 0 saturated carbocycles. The van der Waals surface area contributed by atoms with E-state index in [1.54, 1.807) is 22.9 Å². The summed E-state index contributed by atoms with van der Waals surface area (Å²) in [6, 6.07) is 5.91. The van der Waals surface area contributed by atoms with Crippen LogP contribution in [-0.2, 0) is 6.42 Å². The van der Waals surface area contributed by atoms with E-state index in [1.807, 2.05) is 13.0 Å². The number of anilines is 2. The van der Waals surface area contributed by atoms with E-state index in [-0.39, 0.29) is 10.8 Å². The van der Waals surface area contributed by atoms with Gasteiger partial charge in [-0.1, -0.05) is 24.6 Å². The van der Waals surface area contributed by atoms with Gasteiger partial charge in [0.05, 0.1) is 22.0 Å². The van der Waals surface area contributed by atoms with Crippen LogP contribution in [-0.4, -0.2) is 41.4 Å². The third kappa shape index (κ3) is 3.48. The van der Waals surface area contributed by atoms with Gasteiger partial charge in [-0.2, -0.15) is 0 Å². The Morgan fingerprint density at radius 1 is 1.15 bits per heavy atom. The molecule has 0 unspecified atom stereocenters. The minimum absolute atomic E-state index is 0.138. The summed E-state index contributed by atoms with van der Waals surface area (Å²) in [7, 11) is 0. The quantitative estimate of drug-likeness (QED) is 0.319. The summed E-state index contributed by atoms with van der Waals surface area (Å²) in [5.74, 6) is 0.0426. The number of hydrogen-bond donors (Lipinski definition) is 4. The number of hydrogen-bond acceptors (Lipinski definition) is 7. The first kappa shape index (κ1) is 22.5. The van der Waals surface area contributed by atoms with E-state index in [4.69, 9.17) is 23.1 Å². The molecule has 10 heteroatoms. The van der Waals surface area contributed by atoms with E-state index in [1.165, 1.54) is 18.5 Å². The number of nitrogen functional groups attached to an aromatic ring is 2. The first-order valence-corrected chi connectivity index (χ1v) is 11.3. The van der Waals surface area contributed by atoms with Gasteiger partial charge in [0, 0.05) is 11.6 Å². The van der Waals surface area contributed by atoms with Crippen LogP contribution in [0.2, 0.25) is 5.02 Å². The second kappa shape index (κ2) is 8.19. The van der Waals surface area contributed by atoms with Gasteiger partial charge in [-0.3, -0.25) is 0 Å². The molecule has 1 aromatic carbocycles. The van der Waals surface area contributed by atoms with Crippen molar-refractivity contribution >= 4 is 45.2 Å². The van der Waals surface area contributed by atoms with E-state index in [0.717, 1.165) is 0 Å². The Labute approximate surface area is 199 Å². The normalized spacial score (nSPS) is 22.6. The number of halogens is 2. The van der Waals surface area contributed by atoms with Crippen molar-refractivity contribution in [2.75, 3.05) is 11.5 Å². The fraction of sp³-hybridized carbons (Fsp3) is 0.292. The summed E-state index contributed by atoms with van der Waals surface area (Å²) in [6.45, 7) is 1.82. The van der Waals surface area contributed by atoms with E-state index in [2.05, 4.69) is 15.0 Å². The highest BCUT2D eigenvalue weighted by Crippen LogP contribution is 2.43. The molecule has 176 valence electrons. The number of rotatable bonds is 5. The van der Waals surface area contributed by atoms with Gasteiger partial charge >= 0.3 is 0 Å². The number of aryl methyl sites for hydroxylation is 1. The number of pyridine rings is 1. The summed E-state index contributed by atoms with van der Waals surface area (Å²) in [6.07, 6.45) is 5.09. The Hall–Kier alpha value is -3.27. The van der Waals surface area contributed by atoms with E-state index in [0.29, 0.717) is 58.2 Å². The summed E-state index contributed by atoms with van der Waals surface area (Å²) in [5.41, 5.74) is 12.7. The van der Waals surface area contributed by atoms with Crippen molar-refractivity contribution in [1.29, 1.82) is 0 Å². The molecule has 1 aliphatic carbocycles. The molecule has 0 spiro atoms. The zero-order valence-corrected chi connectivity index (χ0v) is 19.2. The molecule has 0 bridgehead atoms. The Balaban J connectivity index is 1.47. The molecule has 4 aromatic rings. The molecule has 3 atom stereocenters. The summed E-state index contributed by atoms with van der Waals surface area (Å²) < 4.78 is 16.5. The highest BCUT2D eigenvalue weighted by Gasteiger charge is 2.47. The molecule has 6 N–H and O–H groups in total. The smallest absolute Gasteiger partial charge is 0.146 e. The van der Waals surface area contributed by atoms with Crippen LogP contribution < -0.4 is 11.5 Å². The van der Waals surface area contributed by atoms with Gasteiger partial charge in [0.15, 0.2) is 0 Å². The molecule has 0 fully saturated rings. The fourth-order valence-electron chi connectivity index (χ4n) is 4.81. The lowest BCUT2D eigenvalue weighted by Gasteiger charge is -2.31. The maximum Gasteiger partial charge on any atom is 0.146 e. The minimum Gasteiger partial charge on any atom is -0.387 e. The van der Waals surface area contributed by atoms with Crippen LogP contribution >= 0.6 is 11.6 Å². The average molecular weight is 483 g/mol. The van der Waals surface area contributed by atoms with E-state index in [9.17, 15) is 14.6 Å². The molecule has 3 heterocycles. The number of aliphatic hydroxyl groups is 2. The summed E-state index contributed by atoms with van der Waals surface area (Å²) >= 11 is 5.98. The van der Waals surface area contributed by atoms with Crippen LogP contribution in [0.5, 0.6) is 0 Å². The van der Waals surface area contributed by atoms with Crippen LogP contribution in [0.15, 0.2) is 48.4 Å². The maximum atomic E-state index is 14.7. The van der Waals surface area contributed by atoms with Crippen molar-refractivity contribution < 1.29 is 14.6 Å². The zero-order valence-electron chi connectivity index (χ0n) is 18.4.